The molecule has 1 fully saturated rings. The number of hydrogen-bond donors (Lipinski definition) is 1. The summed E-state index contributed by atoms with van der Waals surface area (Å²) in [5, 5.41) is 0. The second-order valence-electron chi connectivity index (χ2n) is 5.90. The van der Waals surface area contributed by atoms with Crippen LogP contribution in [0.15, 0.2) is 24.3 Å². The molecule has 5 heteroatoms. The molecular weight excluding hydrogens is 279 g/mol. The van der Waals surface area contributed by atoms with E-state index in [9.17, 15) is 13.2 Å². The molecule has 0 saturated heterocycles. The molecule has 1 aromatic carbocycles. The topological polar surface area (TPSA) is 35.2 Å². The van der Waals surface area contributed by atoms with Crippen molar-refractivity contribution in [1.82, 2.24) is 0 Å². The number of halogens is 3. The first-order valence-corrected chi connectivity index (χ1v) is 7.52. The van der Waals surface area contributed by atoms with Crippen LogP contribution in [-0.4, -0.2) is 12.4 Å². The summed E-state index contributed by atoms with van der Waals surface area (Å²) in [6.45, 7) is 0. The Morgan fingerprint density at radius 2 is 1.71 bits per heavy atom. The summed E-state index contributed by atoms with van der Waals surface area (Å²) in [5.41, 5.74) is 7.12. The molecule has 1 saturated carbocycles. The van der Waals surface area contributed by atoms with Crippen LogP contribution in [0.1, 0.15) is 44.1 Å². The SMILES string of the molecule is NC(Cc1ccc(OC(F)(F)F)cc1)CC1CCCCC1. The molecule has 0 spiro atoms. The van der Waals surface area contributed by atoms with E-state index in [2.05, 4.69) is 4.74 Å². The standard InChI is InChI=1S/C16H22F3NO/c17-16(18,19)21-15-8-6-13(7-9-15)11-14(20)10-12-4-2-1-3-5-12/h6-9,12,14H,1-5,10-11,20H2. The zero-order valence-electron chi connectivity index (χ0n) is 12.0. The van der Waals surface area contributed by atoms with Gasteiger partial charge in [-0.25, -0.2) is 0 Å². The highest BCUT2D eigenvalue weighted by Gasteiger charge is 2.30. The average Bonchev–Trinajstić information content (AvgIpc) is 2.40. The maximum atomic E-state index is 12.1. The number of nitrogens with two attached hydrogens (primary N) is 1. The minimum Gasteiger partial charge on any atom is -0.406 e. The van der Waals surface area contributed by atoms with E-state index in [-0.39, 0.29) is 11.8 Å². The summed E-state index contributed by atoms with van der Waals surface area (Å²) in [4.78, 5) is 0. The van der Waals surface area contributed by atoms with Crippen molar-refractivity contribution in [3.8, 4) is 5.75 Å². The fraction of sp³-hybridized carbons (Fsp3) is 0.625. The highest BCUT2D eigenvalue weighted by molar-refractivity contribution is 5.27. The maximum Gasteiger partial charge on any atom is 0.573 e. The first-order chi connectivity index (χ1) is 9.92. The lowest BCUT2D eigenvalue weighted by molar-refractivity contribution is -0.274. The van der Waals surface area contributed by atoms with E-state index in [0.29, 0.717) is 12.3 Å². The third kappa shape index (κ3) is 5.96. The Morgan fingerprint density at radius 1 is 1.10 bits per heavy atom. The largest absolute Gasteiger partial charge is 0.573 e. The summed E-state index contributed by atoms with van der Waals surface area (Å²) in [6, 6.07) is 6.07. The quantitative estimate of drug-likeness (QED) is 0.873. The Bertz CT molecular complexity index is 424. The van der Waals surface area contributed by atoms with Crippen molar-refractivity contribution in [2.75, 3.05) is 0 Å². The van der Waals surface area contributed by atoms with Crippen molar-refractivity contribution >= 4 is 0 Å². The second kappa shape index (κ2) is 7.16. The molecule has 1 atom stereocenters. The predicted octanol–water partition coefficient (Wildman–Crippen LogP) is 4.43. The van der Waals surface area contributed by atoms with Crippen LogP contribution >= 0.6 is 0 Å². The molecule has 2 N–H and O–H groups in total. The monoisotopic (exact) mass is 301 g/mol. The second-order valence-corrected chi connectivity index (χ2v) is 5.90. The van der Waals surface area contributed by atoms with Crippen LogP contribution in [-0.2, 0) is 6.42 Å². The molecule has 2 rings (SSSR count). The van der Waals surface area contributed by atoms with E-state index in [0.717, 1.165) is 12.0 Å². The summed E-state index contributed by atoms with van der Waals surface area (Å²) in [7, 11) is 0. The average molecular weight is 301 g/mol. The molecule has 0 aromatic heterocycles. The van der Waals surface area contributed by atoms with Crippen LogP contribution in [0, 0.1) is 5.92 Å². The Hall–Kier alpha value is -1.23. The van der Waals surface area contributed by atoms with Crippen molar-refractivity contribution in [1.29, 1.82) is 0 Å². The molecule has 1 aromatic rings. The van der Waals surface area contributed by atoms with E-state index in [4.69, 9.17) is 5.73 Å². The number of alkyl halides is 3. The molecule has 1 aliphatic carbocycles. The third-order valence-electron chi connectivity index (χ3n) is 4.02. The Morgan fingerprint density at radius 3 is 2.29 bits per heavy atom. The van der Waals surface area contributed by atoms with Crippen LogP contribution in [0.2, 0.25) is 0 Å². The Labute approximate surface area is 123 Å². The van der Waals surface area contributed by atoms with Gasteiger partial charge in [-0.05, 0) is 36.5 Å². The zero-order chi connectivity index (χ0) is 15.3. The lowest BCUT2D eigenvalue weighted by Crippen LogP contribution is -2.27. The normalized spacial score (nSPS) is 18.5. The van der Waals surface area contributed by atoms with Gasteiger partial charge >= 0.3 is 6.36 Å². The first-order valence-electron chi connectivity index (χ1n) is 7.52. The molecule has 0 radical (unpaired) electrons. The van der Waals surface area contributed by atoms with Gasteiger partial charge in [0.1, 0.15) is 5.75 Å². The van der Waals surface area contributed by atoms with Gasteiger partial charge in [0.2, 0.25) is 0 Å². The van der Waals surface area contributed by atoms with Gasteiger partial charge in [-0.15, -0.1) is 13.2 Å². The van der Waals surface area contributed by atoms with E-state index in [1.54, 1.807) is 12.1 Å². The van der Waals surface area contributed by atoms with Crippen LogP contribution < -0.4 is 10.5 Å². The molecule has 2 nitrogen and oxygen atoms in total. The Balaban J connectivity index is 1.81. The van der Waals surface area contributed by atoms with Crippen molar-refractivity contribution in [2.24, 2.45) is 11.7 Å². The molecule has 0 heterocycles. The summed E-state index contributed by atoms with van der Waals surface area (Å²) >= 11 is 0. The van der Waals surface area contributed by atoms with E-state index < -0.39 is 6.36 Å². The third-order valence-corrected chi connectivity index (χ3v) is 4.02. The summed E-state index contributed by atoms with van der Waals surface area (Å²) in [6.07, 6.45) is 3.48. The number of rotatable bonds is 5. The molecule has 1 unspecified atom stereocenters. The van der Waals surface area contributed by atoms with Crippen LogP contribution in [0.3, 0.4) is 0 Å². The van der Waals surface area contributed by atoms with Crippen molar-refractivity contribution in [2.45, 2.75) is 57.3 Å². The van der Waals surface area contributed by atoms with Gasteiger partial charge in [0.05, 0.1) is 0 Å². The van der Waals surface area contributed by atoms with Gasteiger partial charge < -0.3 is 10.5 Å². The van der Waals surface area contributed by atoms with Gasteiger partial charge in [0.25, 0.3) is 0 Å². The number of hydrogen-bond acceptors (Lipinski definition) is 2. The van der Waals surface area contributed by atoms with Gasteiger partial charge in [0, 0.05) is 6.04 Å². The number of benzene rings is 1. The highest BCUT2D eigenvalue weighted by Crippen LogP contribution is 2.28. The minimum atomic E-state index is -4.64. The van der Waals surface area contributed by atoms with E-state index in [1.165, 1.54) is 44.2 Å². The van der Waals surface area contributed by atoms with Crippen LogP contribution in [0.4, 0.5) is 13.2 Å². The molecule has 0 bridgehead atoms. The lowest BCUT2D eigenvalue weighted by atomic mass is 9.84. The predicted molar refractivity (Wildman–Crippen MR) is 76.0 cm³/mol. The fourth-order valence-corrected chi connectivity index (χ4v) is 3.06. The van der Waals surface area contributed by atoms with Gasteiger partial charge in [0.15, 0.2) is 0 Å². The molecule has 0 aliphatic heterocycles. The van der Waals surface area contributed by atoms with Crippen molar-refractivity contribution < 1.29 is 17.9 Å². The van der Waals surface area contributed by atoms with Crippen LogP contribution in [0.5, 0.6) is 5.75 Å². The highest BCUT2D eigenvalue weighted by atomic mass is 19.4. The van der Waals surface area contributed by atoms with E-state index >= 15 is 0 Å². The van der Waals surface area contributed by atoms with E-state index in [1.807, 2.05) is 0 Å². The Kier molecular flexibility index (Phi) is 5.51. The summed E-state index contributed by atoms with van der Waals surface area (Å²) in [5.74, 6) is 0.522. The molecule has 21 heavy (non-hydrogen) atoms. The lowest BCUT2D eigenvalue weighted by Gasteiger charge is -2.24. The zero-order valence-corrected chi connectivity index (χ0v) is 12.0. The fourth-order valence-electron chi connectivity index (χ4n) is 3.06. The first kappa shape index (κ1) is 16.1. The summed E-state index contributed by atoms with van der Waals surface area (Å²) < 4.78 is 40.1. The van der Waals surface area contributed by atoms with Gasteiger partial charge in [-0.2, -0.15) is 0 Å². The van der Waals surface area contributed by atoms with Gasteiger partial charge in [-0.3, -0.25) is 0 Å². The smallest absolute Gasteiger partial charge is 0.406 e. The van der Waals surface area contributed by atoms with Gasteiger partial charge in [-0.1, -0.05) is 44.2 Å². The maximum absolute atomic E-state index is 12.1. The minimum absolute atomic E-state index is 0.0717. The molecule has 1 aliphatic rings. The number of ether oxygens (including phenoxy) is 1. The molecule has 0 amide bonds. The molecular formula is C16H22F3NO. The van der Waals surface area contributed by atoms with Crippen molar-refractivity contribution in [3.05, 3.63) is 29.8 Å². The molecule has 118 valence electrons. The van der Waals surface area contributed by atoms with Crippen LogP contribution in [0.25, 0.3) is 0 Å². The van der Waals surface area contributed by atoms with Crippen molar-refractivity contribution in [3.63, 3.8) is 0 Å².